The van der Waals surface area contributed by atoms with Crippen LogP contribution < -0.4 is 16.0 Å². The number of amides is 1. The molecular formula is C26H44N8O2. The Morgan fingerprint density at radius 1 is 1.06 bits per heavy atom. The van der Waals surface area contributed by atoms with Gasteiger partial charge < -0.3 is 25.6 Å². The number of carbonyl (C=O) groups excluding carboxylic acids is 1. The van der Waals surface area contributed by atoms with Crippen LogP contribution in [0.1, 0.15) is 84.6 Å². The van der Waals surface area contributed by atoms with E-state index in [9.17, 15) is 4.79 Å². The number of ether oxygens (including phenoxy) is 1. The number of nitrogens with one attached hydrogen (secondary N) is 3. The molecular weight excluding hydrogens is 456 g/mol. The fourth-order valence-electron chi connectivity index (χ4n) is 5.36. The minimum atomic E-state index is -0.505. The highest BCUT2D eigenvalue weighted by atomic mass is 16.6. The zero-order chi connectivity index (χ0) is 25.9. The van der Waals surface area contributed by atoms with E-state index < -0.39 is 5.60 Å². The summed E-state index contributed by atoms with van der Waals surface area (Å²) >= 11 is 0. The molecule has 2 unspecified atom stereocenters. The lowest BCUT2D eigenvalue weighted by molar-refractivity contribution is 0.0492. The number of rotatable bonds is 7. The molecule has 2 atom stereocenters. The van der Waals surface area contributed by atoms with Crippen molar-refractivity contribution in [1.29, 1.82) is 0 Å². The summed E-state index contributed by atoms with van der Waals surface area (Å²) in [5.41, 5.74) is 1.45. The first-order valence-corrected chi connectivity index (χ1v) is 13.5. The molecule has 10 nitrogen and oxygen atoms in total. The standard InChI is InChI=1S/C26H44N8O2/c1-7-17-16-27-34-22(17)31-23(28-18-11-13-21(14-12-18)33(5)6)32-24(34)29-19-9-8-10-20(15-19)30-25(35)36-26(2,3)4/h16,18-21H,7-15H2,1-6H3,(H,30,35)(H2,28,29,31,32)/t18-,19?,20?,21-. The summed E-state index contributed by atoms with van der Waals surface area (Å²) < 4.78 is 7.28. The van der Waals surface area contributed by atoms with Gasteiger partial charge in [0.15, 0.2) is 5.65 Å². The molecule has 1 amide bonds. The van der Waals surface area contributed by atoms with Gasteiger partial charge in [-0.3, -0.25) is 0 Å². The quantitative estimate of drug-likeness (QED) is 0.519. The minimum Gasteiger partial charge on any atom is -0.444 e. The Bertz CT molecular complexity index is 1020. The van der Waals surface area contributed by atoms with Gasteiger partial charge in [-0.05, 0) is 92.7 Å². The smallest absolute Gasteiger partial charge is 0.407 e. The van der Waals surface area contributed by atoms with Crippen LogP contribution in [0.5, 0.6) is 0 Å². The lowest BCUT2D eigenvalue weighted by atomic mass is 9.90. The van der Waals surface area contributed by atoms with Crippen molar-refractivity contribution in [2.45, 2.75) is 115 Å². The molecule has 2 saturated carbocycles. The average molecular weight is 501 g/mol. The molecule has 0 saturated heterocycles. The van der Waals surface area contributed by atoms with Crippen LogP contribution in [-0.2, 0) is 11.2 Å². The number of hydrogen-bond acceptors (Lipinski definition) is 8. The topological polar surface area (TPSA) is 109 Å². The van der Waals surface area contributed by atoms with Crippen LogP contribution in [0.25, 0.3) is 5.65 Å². The van der Waals surface area contributed by atoms with Crippen molar-refractivity contribution in [3.05, 3.63) is 11.8 Å². The normalized spacial score (nSPS) is 25.1. The van der Waals surface area contributed by atoms with Crippen molar-refractivity contribution in [3.8, 4) is 0 Å². The van der Waals surface area contributed by atoms with E-state index in [1.165, 1.54) is 12.8 Å². The van der Waals surface area contributed by atoms with Gasteiger partial charge in [-0.2, -0.15) is 19.6 Å². The van der Waals surface area contributed by atoms with E-state index in [1.807, 2.05) is 31.5 Å². The third-order valence-corrected chi connectivity index (χ3v) is 7.31. The van der Waals surface area contributed by atoms with Crippen LogP contribution in [0.15, 0.2) is 6.20 Å². The Hall–Kier alpha value is -2.62. The van der Waals surface area contributed by atoms with Gasteiger partial charge in [0, 0.05) is 29.7 Å². The number of hydrogen-bond donors (Lipinski definition) is 3. The number of fused-ring (bicyclic) bond motifs is 1. The van der Waals surface area contributed by atoms with Crippen molar-refractivity contribution in [2.75, 3.05) is 24.7 Å². The van der Waals surface area contributed by atoms with Crippen LogP contribution >= 0.6 is 0 Å². The van der Waals surface area contributed by atoms with E-state index in [2.05, 4.69) is 47.0 Å². The first kappa shape index (κ1) is 26.4. The third kappa shape index (κ3) is 6.78. The Morgan fingerprint density at radius 3 is 2.44 bits per heavy atom. The predicted molar refractivity (Wildman–Crippen MR) is 143 cm³/mol. The summed E-state index contributed by atoms with van der Waals surface area (Å²) in [4.78, 5) is 24.3. The van der Waals surface area contributed by atoms with Crippen LogP contribution in [0.3, 0.4) is 0 Å². The highest BCUT2D eigenvalue weighted by Crippen LogP contribution is 2.26. The summed E-state index contributed by atoms with van der Waals surface area (Å²) in [7, 11) is 4.33. The van der Waals surface area contributed by atoms with Crippen molar-refractivity contribution >= 4 is 23.6 Å². The van der Waals surface area contributed by atoms with Crippen LogP contribution in [0.2, 0.25) is 0 Å². The molecule has 200 valence electrons. The first-order valence-electron chi connectivity index (χ1n) is 13.5. The Kier molecular flexibility index (Phi) is 8.22. The molecule has 2 aliphatic rings. The molecule has 0 spiro atoms. The molecule has 36 heavy (non-hydrogen) atoms. The van der Waals surface area contributed by atoms with Gasteiger partial charge in [-0.15, -0.1) is 0 Å². The number of carbonyl (C=O) groups is 1. The Balaban J connectivity index is 1.46. The van der Waals surface area contributed by atoms with Crippen molar-refractivity contribution in [1.82, 2.24) is 29.8 Å². The predicted octanol–water partition coefficient (Wildman–Crippen LogP) is 4.22. The highest BCUT2D eigenvalue weighted by Gasteiger charge is 2.27. The van der Waals surface area contributed by atoms with Crippen molar-refractivity contribution in [2.24, 2.45) is 0 Å². The summed E-state index contributed by atoms with van der Waals surface area (Å²) in [6.45, 7) is 7.76. The molecule has 0 radical (unpaired) electrons. The summed E-state index contributed by atoms with van der Waals surface area (Å²) in [5, 5.41) is 14.9. The van der Waals surface area contributed by atoms with Gasteiger partial charge in [0.05, 0.1) is 6.20 Å². The van der Waals surface area contributed by atoms with Gasteiger partial charge in [0.25, 0.3) is 0 Å². The second kappa shape index (κ2) is 11.2. The maximum Gasteiger partial charge on any atom is 0.407 e. The fraction of sp³-hybridized carbons (Fsp3) is 0.769. The zero-order valence-corrected chi connectivity index (χ0v) is 22.8. The van der Waals surface area contributed by atoms with Gasteiger partial charge in [-0.1, -0.05) is 6.92 Å². The van der Waals surface area contributed by atoms with E-state index >= 15 is 0 Å². The molecule has 0 aromatic carbocycles. The molecule has 3 N–H and O–H groups in total. The number of aromatic nitrogens is 4. The molecule has 2 aliphatic carbocycles. The number of nitrogens with zero attached hydrogens (tertiary/aromatic N) is 5. The van der Waals surface area contributed by atoms with Gasteiger partial charge in [0.2, 0.25) is 11.9 Å². The van der Waals surface area contributed by atoms with Crippen molar-refractivity contribution < 1.29 is 9.53 Å². The van der Waals surface area contributed by atoms with E-state index in [0.717, 1.165) is 56.2 Å². The van der Waals surface area contributed by atoms with Gasteiger partial charge >= 0.3 is 6.09 Å². The SMILES string of the molecule is CCc1cnn2c(NC3CCCC(NC(=O)OC(C)(C)C)C3)nc(N[C@H]3CC[C@H](N(C)C)CC3)nc12. The summed E-state index contributed by atoms with van der Waals surface area (Å²) in [5.74, 6) is 1.36. The number of aryl methyl sites for hydroxylation is 1. The fourth-order valence-corrected chi connectivity index (χ4v) is 5.36. The summed E-state index contributed by atoms with van der Waals surface area (Å²) in [6.07, 6.45) is 10.8. The molecule has 2 fully saturated rings. The lowest BCUT2D eigenvalue weighted by Crippen LogP contribution is -2.44. The third-order valence-electron chi connectivity index (χ3n) is 7.31. The second-order valence-electron chi connectivity index (χ2n) is 11.6. The van der Waals surface area contributed by atoms with E-state index in [4.69, 9.17) is 14.7 Å². The molecule has 2 heterocycles. The number of anilines is 2. The van der Waals surface area contributed by atoms with Crippen LogP contribution in [0.4, 0.5) is 16.7 Å². The van der Waals surface area contributed by atoms with E-state index in [1.54, 1.807) is 0 Å². The Labute approximate surface area is 215 Å². The van der Waals surface area contributed by atoms with Crippen LogP contribution in [-0.4, -0.2) is 74.4 Å². The Morgan fingerprint density at radius 2 is 1.78 bits per heavy atom. The molecule has 2 aromatic rings. The van der Waals surface area contributed by atoms with E-state index in [-0.39, 0.29) is 18.2 Å². The molecule has 0 aliphatic heterocycles. The maximum absolute atomic E-state index is 12.3. The van der Waals surface area contributed by atoms with Crippen LogP contribution in [0, 0.1) is 0 Å². The zero-order valence-electron chi connectivity index (χ0n) is 22.8. The molecule has 4 rings (SSSR count). The van der Waals surface area contributed by atoms with Gasteiger partial charge in [0.1, 0.15) is 5.60 Å². The molecule has 2 aromatic heterocycles. The monoisotopic (exact) mass is 500 g/mol. The lowest BCUT2D eigenvalue weighted by Gasteiger charge is -2.33. The average Bonchev–Trinajstić information content (AvgIpc) is 3.22. The molecule has 0 bridgehead atoms. The van der Waals surface area contributed by atoms with Gasteiger partial charge in [-0.25, -0.2) is 4.79 Å². The maximum atomic E-state index is 12.3. The molecule has 10 heteroatoms. The first-order chi connectivity index (χ1) is 17.1. The minimum absolute atomic E-state index is 0.0664. The second-order valence-corrected chi connectivity index (χ2v) is 11.6. The van der Waals surface area contributed by atoms with E-state index in [0.29, 0.717) is 24.0 Å². The number of alkyl carbamates (subject to hydrolysis) is 1. The largest absolute Gasteiger partial charge is 0.444 e. The summed E-state index contributed by atoms with van der Waals surface area (Å²) in [6, 6.07) is 1.27. The highest BCUT2D eigenvalue weighted by molar-refractivity contribution is 5.68. The van der Waals surface area contributed by atoms with Crippen molar-refractivity contribution in [3.63, 3.8) is 0 Å².